The number of carbonyl (C=O) groups excluding carboxylic acids is 1. The van der Waals surface area contributed by atoms with Crippen LogP contribution in [-0.2, 0) is 11.3 Å². The first kappa shape index (κ1) is 18.0. The molecule has 0 bridgehead atoms. The second kappa shape index (κ2) is 8.44. The van der Waals surface area contributed by atoms with Crippen molar-refractivity contribution in [1.82, 2.24) is 15.6 Å². The number of halogens is 2. The van der Waals surface area contributed by atoms with E-state index in [0.29, 0.717) is 6.54 Å². The normalized spacial score (nSPS) is 16.9. The standard InChI is InChI=1S/C14H15N3OS.2ClH/c18-14(12-8-19-9-17-12)16-7-11-4-1-3-10-5-2-6-15-13(10)11;;/h1-6,12,17H,7-9H2,(H,16,18);2*1H. The van der Waals surface area contributed by atoms with Crippen LogP contribution in [0, 0.1) is 0 Å². The highest BCUT2D eigenvalue weighted by molar-refractivity contribution is 7.99. The van der Waals surface area contributed by atoms with Crippen LogP contribution in [0.1, 0.15) is 5.56 Å². The van der Waals surface area contributed by atoms with E-state index in [9.17, 15) is 4.79 Å². The molecule has 7 heteroatoms. The Labute approximate surface area is 140 Å². The van der Waals surface area contributed by atoms with Gasteiger partial charge in [-0.15, -0.1) is 36.6 Å². The summed E-state index contributed by atoms with van der Waals surface area (Å²) in [6.07, 6.45) is 1.78. The number of nitrogens with one attached hydrogen (secondary N) is 2. The Hall–Kier alpha value is -1.01. The first-order valence-corrected chi connectivity index (χ1v) is 7.41. The molecule has 2 heterocycles. The number of amides is 1. The van der Waals surface area contributed by atoms with Crippen molar-refractivity contribution in [3.63, 3.8) is 0 Å². The van der Waals surface area contributed by atoms with E-state index in [-0.39, 0.29) is 36.8 Å². The summed E-state index contributed by atoms with van der Waals surface area (Å²) >= 11 is 1.75. The number of fused-ring (bicyclic) bond motifs is 1. The lowest BCUT2D eigenvalue weighted by atomic mass is 10.1. The largest absolute Gasteiger partial charge is 0.351 e. The van der Waals surface area contributed by atoms with Gasteiger partial charge >= 0.3 is 0 Å². The predicted molar refractivity (Wildman–Crippen MR) is 92.3 cm³/mol. The van der Waals surface area contributed by atoms with Crippen molar-refractivity contribution in [2.75, 3.05) is 11.6 Å². The number of benzene rings is 1. The lowest BCUT2D eigenvalue weighted by Gasteiger charge is -2.11. The smallest absolute Gasteiger partial charge is 0.238 e. The minimum absolute atomic E-state index is 0. The molecule has 0 aliphatic carbocycles. The maximum absolute atomic E-state index is 11.9. The fourth-order valence-electron chi connectivity index (χ4n) is 2.18. The van der Waals surface area contributed by atoms with Gasteiger partial charge in [0.15, 0.2) is 0 Å². The van der Waals surface area contributed by atoms with Gasteiger partial charge in [0.25, 0.3) is 0 Å². The maximum Gasteiger partial charge on any atom is 0.238 e. The van der Waals surface area contributed by atoms with Crippen molar-refractivity contribution in [3.8, 4) is 0 Å². The van der Waals surface area contributed by atoms with Gasteiger partial charge in [0, 0.05) is 29.8 Å². The highest BCUT2D eigenvalue weighted by Gasteiger charge is 2.22. The Morgan fingerprint density at radius 3 is 2.90 bits per heavy atom. The third-order valence-corrected chi connectivity index (χ3v) is 4.14. The van der Waals surface area contributed by atoms with Crippen molar-refractivity contribution in [1.29, 1.82) is 0 Å². The van der Waals surface area contributed by atoms with Crippen LogP contribution in [0.4, 0.5) is 0 Å². The van der Waals surface area contributed by atoms with Gasteiger partial charge < -0.3 is 5.32 Å². The zero-order chi connectivity index (χ0) is 13.1. The monoisotopic (exact) mass is 345 g/mol. The topological polar surface area (TPSA) is 54.0 Å². The fourth-order valence-corrected chi connectivity index (χ4v) is 3.12. The van der Waals surface area contributed by atoms with Crippen molar-refractivity contribution in [2.24, 2.45) is 0 Å². The van der Waals surface area contributed by atoms with E-state index in [1.165, 1.54) is 0 Å². The van der Waals surface area contributed by atoms with Gasteiger partial charge in [-0.2, -0.15) is 0 Å². The molecule has 2 aromatic rings. The van der Waals surface area contributed by atoms with Crippen LogP contribution < -0.4 is 10.6 Å². The summed E-state index contributed by atoms with van der Waals surface area (Å²) in [6.45, 7) is 0.524. The second-order valence-corrected chi connectivity index (χ2v) is 5.51. The molecular formula is C14H17Cl2N3OS. The summed E-state index contributed by atoms with van der Waals surface area (Å²) < 4.78 is 0. The van der Waals surface area contributed by atoms with Crippen LogP contribution in [0.2, 0.25) is 0 Å². The number of aromatic nitrogens is 1. The number of hydrogen-bond donors (Lipinski definition) is 2. The highest BCUT2D eigenvalue weighted by atomic mass is 35.5. The Morgan fingerprint density at radius 1 is 1.33 bits per heavy atom. The van der Waals surface area contributed by atoms with Crippen LogP contribution in [0.15, 0.2) is 36.5 Å². The SMILES string of the molecule is Cl.Cl.O=C(NCc1cccc2cccnc12)C1CSCN1. The molecule has 0 saturated carbocycles. The Balaban J connectivity index is 0.00000110. The van der Waals surface area contributed by atoms with Crippen molar-refractivity contribution in [3.05, 3.63) is 42.1 Å². The first-order valence-electron chi connectivity index (χ1n) is 6.26. The van der Waals surface area contributed by atoms with E-state index in [1.807, 2.05) is 30.3 Å². The van der Waals surface area contributed by atoms with E-state index in [4.69, 9.17) is 0 Å². The summed E-state index contributed by atoms with van der Waals surface area (Å²) in [4.78, 5) is 16.3. The molecule has 1 atom stereocenters. The van der Waals surface area contributed by atoms with Gasteiger partial charge in [-0.1, -0.05) is 24.3 Å². The molecule has 21 heavy (non-hydrogen) atoms. The molecule has 1 aliphatic heterocycles. The second-order valence-electron chi connectivity index (χ2n) is 4.48. The number of hydrogen-bond acceptors (Lipinski definition) is 4. The predicted octanol–water partition coefficient (Wildman–Crippen LogP) is 2.36. The summed E-state index contributed by atoms with van der Waals surface area (Å²) in [5.41, 5.74) is 2.01. The summed E-state index contributed by atoms with van der Waals surface area (Å²) in [6, 6.07) is 9.92. The van der Waals surface area contributed by atoms with Crippen molar-refractivity contribution < 1.29 is 4.79 Å². The molecule has 1 aliphatic rings. The molecule has 1 unspecified atom stereocenters. The zero-order valence-corrected chi connectivity index (χ0v) is 13.7. The number of para-hydroxylation sites is 1. The molecule has 3 rings (SSSR count). The minimum atomic E-state index is -0.0621. The van der Waals surface area contributed by atoms with Gasteiger partial charge in [0.05, 0.1) is 11.6 Å². The molecule has 4 nitrogen and oxygen atoms in total. The van der Waals surface area contributed by atoms with Crippen LogP contribution in [-0.4, -0.2) is 28.6 Å². The quantitative estimate of drug-likeness (QED) is 0.896. The summed E-state index contributed by atoms with van der Waals surface area (Å²) in [7, 11) is 0. The molecule has 1 amide bonds. The van der Waals surface area contributed by atoms with Crippen LogP contribution in [0.25, 0.3) is 10.9 Å². The lowest BCUT2D eigenvalue weighted by molar-refractivity contribution is -0.122. The van der Waals surface area contributed by atoms with E-state index in [1.54, 1.807) is 18.0 Å². The average molecular weight is 346 g/mol. The minimum Gasteiger partial charge on any atom is -0.351 e. The Kier molecular flexibility index (Phi) is 7.25. The van der Waals surface area contributed by atoms with Crippen LogP contribution >= 0.6 is 36.6 Å². The van der Waals surface area contributed by atoms with E-state index >= 15 is 0 Å². The molecule has 1 aromatic heterocycles. The molecule has 2 N–H and O–H groups in total. The molecular weight excluding hydrogens is 329 g/mol. The van der Waals surface area contributed by atoms with Gasteiger partial charge in [0.2, 0.25) is 5.91 Å². The third kappa shape index (κ3) is 4.23. The van der Waals surface area contributed by atoms with Crippen molar-refractivity contribution >= 4 is 53.4 Å². The Morgan fingerprint density at radius 2 is 2.14 bits per heavy atom. The van der Waals surface area contributed by atoms with E-state index < -0.39 is 0 Å². The van der Waals surface area contributed by atoms with Crippen LogP contribution in [0.3, 0.4) is 0 Å². The summed E-state index contributed by atoms with van der Waals surface area (Å²) in [5.74, 6) is 1.77. The molecule has 114 valence electrons. The molecule has 0 radical (unpaired) electrons. The number of thioether (sulfide) groups is 1. The molecule has 0 spiro atoms. The highest BCUT2D eigenvalue weighted by Crippen LogP contribution is 2.16. The number of carbonyl (C=O) groups is 1. The third-order valence-electron chi connectivity index (χ3n) is 3.20. The average Bonchev–Trinajstić information content (AvgIpc) is 2.99. The Bertz CT molecular complexity index is 600. The maximum atomic E-state index is 11.9. The molecule has 1 saturated heterocycles. The fraction of sp³-hybridized carbons (Fsp3) is 0.286. The van der Waals surface area contributed by atoms with Crippen molar-refractivity contribution in [2.45, 2.75) is 12.6 Å². The first-order chi connectivity index (χ1) is 9.34. The van der Waals surface area contributed by atoms with E-state index in [2.05, 4.69) is 15.6 Å². The zero-order valence-electron chi connectivity index (χ0n) is 11.2. The molecule has 1 aromatic carbocycles. The number of rotatable bonds is 3. The van der Waals surface area contributed by atoms with Gasteiger partial charge in [-0.25, -0.2) is 0 Å². The number of nitrogens with zero attached hydrogens (tertiary/aromatic N) is 1. The van der Waals surface area contributed by atoms with Gasteiger partial charge in [-0.3, -0.25) is 15.1 Å². The molecule has 1 fully saturated rings. The number of pyridine rings is 1. The van der Waals surface area contributed by atoms with Crippen LogP contribution in [0.5, 0.6) is 0 Å². The lowest BCUT2D eigenvalue weighted by Crippen LogP contribution is -2.41. The van der Waals surface area contributed by atoms with E-state index in [0.717, 1.165) is 28.1 Å². The van der Waals surface area contributed by atoms with Gasteiger partial charge in [-0.05, 0) is 11.6 Å². The van der Waals surface area contributed by atoms with Gasteiger partial charge in [0.1, 0.15) is 0 Å². The summed E-state index contributed by atoms with van der Waals surface area (Å²) in [5, 5.41) is 7.24.